The Balaban J connectivity index is 1.68. The molecule has 2 fully saturated rings. The van der Waals surface area contributed by atoms with E-state index in [1.165, 1.54) is 37.1 Å². The molecule has 1 N–H and O–H groups in total. The second-order valence-electron chi connectivity index (χ2n) is 11.8. The van der Waals surface area contributed by atoms with E-state index < -0.39 is 15.9 Å². The Hall–Kier alpha value is -1.89. The highest BCUT2D eigenvalue weighted by atomic mass is 28.2. The van der Waals surface area contributed by atoms with Crippen molar-refractivity contribution < 1.29 is 18.3 Å². The van der Waals surface area contributed by atoms with Crippen LogP contribution in [0.4, 0.5) is 8.78 Å². The Labute approximate surface area is 216 Å². The molecule has 2 aliphatic carbocycles. The lowest BCUT2D eigenvalue weighted by atomic mass is 9.57. The van der Waals surface area contributed by atoms with Gasteiger partial charge in [-0.15, -0.1) is 0 Å². The third kappa shape index (κ3) is 5.09. The summed E-state index contributed by atoms with van der Waals surface area (Å²) in [6.45, 7) is 6.80. The smallest absolute Gasteiger partial charge is 0.158 e. The summed E-state index contributed by atoms with van der Waals surface area (Å²) in [5, 5.41) is 12.0. The number of halogens is 2. The van der Waals surface area contributed by atoms with Crippen molar-refractivity contribution in [2.75, 3.05) is 0 Å². The zero-order chi connectivity index (χ0) is 25.4. The number of aliphatic hydroxyl groups is 1. The van der Waals surface area contributed by atoms with Crippen LogP contribution in [0.15, 0.2) is 53.5 Å². The molecule has 0 saturated heterocycles. The van der Waals surface area contributed by atoms with E-state index in [0.717, 1.165) is 37.0 Å². The minimum Gasteiger partial charge on any atom is -0.421 e. The fourth-order valence-electron chi connectivity index (χ4n) is 7.34. The fourth-order valence-corrected chi connectivity index (χ4v) is 8.11. The van der Waals surface area contributed by atoms with Crippen molar-refractivity contribution in [2.45, 2.75) is 83.1 Å². The third-order valence-electron chi connectivity index (χ3n) is 8.81. The predicted molar refractivity (Wildman–Crippen MR) is 143 cm³/mol. The molecule has 6 heteroatoms. The van der Waals surface area contributed by atoms with Crippen LogP contribution in [-0.4, -0.2) is 32.7 Å². The highest BCUT2D eigenvalue weighted by molar-refractivity contribution is 6.24. The van der Waals surface area contributed by atoms with Gasteiger partial charge in [0, 0.05) is 23.5 Å². The van der Waals surface area contributed by atoms with Crippen LogP contribution in [0, 0.1) is 34.8 Å². The van der Waals surface area contributed by atoms with E-state index in [2.05, 4.69) is 20.4 Å². The Morgan fingerprint density at radius 3 is 2.19 bits per heavy atom. The number of hydrogen-bond donors (Lipinski definition) is 1. The molecule has 3 aliphatic rings. The monoisotopic (exact) mass is 511 g/mol. The van der Waals surface area contributed by atoms with Crippen molar-refractivity contribution in [3.8, 4) is 0 Å². The summed E-state index contributed by atoms with van der Waals surface area (Å²) >= 11 is 0. The van der Waals surface area contributed by atoms with Crippen molar-refractivity contribution >= 4 is 15.5 Å². The average molecular weight is 512 g/mol. The van der Waals surface area contributed by atoms with Crippen LogP contribution < -0.4 is 0 Å². The van der Waals surface area contributed by atoms with E-state index in [9.17, 15) is 13.9 Å². The average Bonchev–Trinajstić information content (AvgIpc) is 3.38. The van der Waals surface area contributed by atoms with Crippen LogP contribution in [0.5, 0.6) is 0 Å². The molecule has 36 heavy (non-hydrogen) atoms. The molecule has 1 aliphatic heterocycles. The van der Waals surface area contributed by atoms with Gasteiger partial charge in [-0.2, -0.15) is 0 Å². The predicted octanol–water partition coefficient (Wildman–Crippen LogP) is 6.36. The van der Waals surface area contributed by atoms with Gasteiger partial charge >= 0.3 is 0 Å². The minimum atomic E-state index is -0.824. The van der Waals surface area contributed by atoms with E-state index in [0.29, 0.717) is 11.5 Å². The molecule has 6 atom stereocenters. The number of aliphatic hydroxyl groups excluding tert-OH is 1. The van der Waals surface area contributed by atoms with Crippen LogP contribution >= 0.6 is 0 Å². The lowest BCUT2D eigenvalue weighted by molar-refractivity contribution is -0.0148. The van der Waals surface area contributed by atoms with Crippen LogP contribution in [0.2, 0.25) is 6.55 Å². The molecule has 194 valence electrons. The summed E-state index contributed by atoms with van der Waals surface area (Å²) in [5.74, 6) is -0.420. The molecule has 0 amide bonds. The van der Waals surface area contributed by atoms with Gasteiger partial charge in [-0.3, -0.25) is 4.99 Å². The second kappa shape index (κ2) is 10.5. The first-order chi connectivity index (χ1) is 17.3. The molecule has 2 aromatic rings. The third-order valence-corrected chi connectivity index (χ3v) is 9.57. The van der Waals surface area contributed by atoms with Crippen molar-refractivity contribution in [3.05, 3.63) is 71.3 Å². The van der Waals surface area contributed by atoms with Gasteiger partial charge in [-0.1, -0.05) is 57.5 Å². The SMILES string of the molecule is C[SiH2]OC1CC(C)(C)CC2N=C(C3CCCC3)C(C(O)c3ccc(F)cc3)C(c3ccc(F)cc3)C21. The topological polar surface area (TPSA) is 41.8 Å². The maximum Gasteiger partial charge on any atom is 0.158 e. The highest BCUT2D eigenvalue weighted by Crippen LogP contribution is 2.55. The van der Waals surface area contributed by atoms with Crippen LogP contribution in [-0.2, 0) is 4.43 Å². The van der Waals surface area contributed by atoms with Gasteiger partial charge in [0.2, 0.25) is 0 Å². The molecular weight excluding hydrogens is 472 g/mol. The molecular formula is C30H39F2NO2Si. The number of fused-ring (bicyclic) bond motifs is 1. The molecule has 0 radical (unpaired) electrons. The summed E-state index contributed by atoms with van der Waals surface area (Å²) in [6, 6.07) is 13.2. The molecule has 0 spiro atoms. The lowest BCUT2D eigenvalue weighted by Gasteiger charge is -2.53. The number of aliphatic imine (C=N–C) groups is 1. The maximum absolute atomic E-state index is 14.0. The second-order valence-corrected chi connectivity index (χ2v) is 12.8. The largest absolute Gasteiger partial charge is 0.421 e. The van der Waals surface area contributed by atoms with Gasteiger partial charge in [0.25, 0.3) is 0 Å². The van der Waals surface area contributed by atoms with E-state index in [4.69, 9.17) is 9.42 Å². The fraction of sp³-hybridized carbons (Fsp3) is 0.567. The Morgan fingerprint density at radius 1 is 0.972 bits per heavy atom. The van der Waals surface area contributed by atoms with Gasteiger partial charge in [-0.25, -0.2) is 8.78 Å². The quantitative estimate of drug-likeness (QED) is 0.458. The number of benzene rings is 2. The summed E-state index contributed by atoms with van der Waals surface area (Å²) in [6.07, 6.45) is 5.71. The Bertz CT molecular complexity index is 1070. The zero-order valence-electron chi connectivity index (χ0n) is 21.7. The molecule has 3 nitrogen and oxygen atoms in total. The number of nitrogens with zero attached hydrogens (tertiary/aromatic N) is 1. The van der Waals surface area contributed by atoms with Gasteiger partial charge in [0.15, 0.2) is 9.76 Å². The molecule has 5 rings (SSSR count). The standard InChI is InChI=1S/C30H39F2NO2Si/c1-30(2)16-23-26(24(17-30)35-36-3)25(18-8-12-21(31)13-9-18)27(28(33-23)19-6-4-5-7-19)29(34)20-10-14-22(32)15-11-20/h8-15,19,23-27,29,34H,4-7,16-17,36H2,1-3H3. The summed E-state index contributed by atoms with van der Waals surface area (Å²) in [5.41, 5.74) is 2.98. The summed E-state index contributed by atoms with van der Waals surface area (Å²) in [7, 11) is -0.667. The minimum absolute atomic E-state index is 0.0506. The first kappa shape index (κ1) is 25.7. The van der Waals surface area contributed by atoms with Crippen LogP contribution in [0.1, 0.15) is 75.5 Å². The molecule has 0 aromatic heterocycles. The zero-order valence-corrected chi connectivity index (χ0v) is 23.1. The van der Waals surface area contributed by atoms with Crippen molar-refractivity contribution in [1.29, 1.82) is 0 Å². The first-order valence-electron chi connectivity index (χ1n) is 13.7. The van der Waals surface area contributed by atoms with E-state index >= 15 is 0 Å². The lowest BCUT2D eigenvalue weighted by Crippen LogP contribution is -2.53. The summed E-state index contributed by atoms with van der Waals surface area (Å²) < 4.78 is 34.3. The van der Waals surface area contributed by atoms with Crippen LogP contribution in [0.25, 0.3) is 0 Å². The summed E-state index contributed by atoms with van der Waals surface area (Å²) in [4.78, 5) is 5.50. The van der Waals surface area contributed by atoms with Gasteiger partial charge in [-0.05, 0) is 72.4 Å². The van der Waals surface area contributed by atoms with E-state index in [1.54, 1.807) is 12.1 Å². The Morgan fingerprint density at radius 2 is 1.58 bits per heavy atom. The number of hydrogen-bond acceptors (Lipinski definition) is 3. The Kier molecular flexibility index (Phi) is 7.48. The number of rotatable bonds is 6. The van der Waals surface area contributed by atoms with E-state index in [1.807, 2.05) is 12.1 Å². The molecule has 1 heterocycles. The highest BCUT2D eigenvalue weighted by Gasteiger charge is 2.53. The van der Waals surface area contributed by atoms with Crippen LogP contribution in [0.3, 0.4) is 0 Å². The molecule has 2 saturated carbocycles. The normalized spacial score (nSPS) is 31.4. The van der Waals surface area contributed by atoms with Crippen molar-refractivity contribution in [3.63, 3.8) is 0 Å². The first-order valence-corrected chi connectivity index (χ1v) is 15.6. The van der Waals surface area contributed by atoms with E-state index in [-0.39, 0.29) is 46.9 Å². The molecule has 6 unspecified atom stereocenters. The molecule has 0 bridgehead atoms. The van der Waals surface area contributed by atoms with Gasteiger partial charge in [0.1, 0.15) is 11.6 Å². The van der Waals surface area contributed by atoms with Gasteiger partial charge in [0.05, 0.1) is 18.2 Å². The van der Waals surface area contributed by atoms with Gasteiger partial charge < -0.3 is 9.53 Å². The van der Waals surface area contributed by atoms with Crippen molar-refractivity contribution in [1.82, 2.24) is 0 Å². The molecule has 2 aromatic carbocycles. The maximum atomic E-state index is 14.0. The van der Waals surface area contributed by atoms with Crippen molar-refractivity contribution in [2.24, 2.45) is 28.2 Å².